The number of piperazine rings is 1. The molecule has 1 fully saturated rings. The van der Waals surface area contributed by atoms with Crippen molar-refractivity contribution in [3.8, 4) is 17.0 Å². The van der Waals surface area contributed by atoms with E-state index in [-0.39, 0.29) is 5.88 Å². The highest BCUT2D eigenvalue weighted by Crippen LogP contribution is 2.37. The van der Waals surface area contributed by atoms with Crippen LogP contribution in [-0.4, -0.2) is 52.8 Å². The first-order valence-electron chi connectivity index (χ1n) is 11.5. The molecule has 4 aromatic rings. The van der Waals surface area contributed by atoms with Crippen LogP contribution in [0.5, 0.6) is 5.88 Å². The van der Waals surface area contributed by atoms with Crippen LogP contribution in [0.1, 0.15) is 18.1 Å². The molecule has 0 amide bonds. The molecule has 6 heteroatoms. The van der Waals surface area contributed by atoms with Crippen molar-refractivity contribution in [2.24, 2.45) is 0 Å². The van der Waals surface area contributed by atoms with E-state index in [1.807, 2.05) is 23.0 Å². The van der Waals surface area contributed by atoms with Crippen molar-refractivity contribution in [2.45, 2.75) is 19.9 Å². The molecular formula is C27H29ClN4O. The third-order valence-electron chi connectivity index (χ3n) is 6.60. The number of hydrogen-bond donors (Lipinski definition) is 1. The number of nitrogens with zero attached hydrogens (tertiary/aromatic N) is 4. The van der Waals surface area contributed by atoms with Crippen molar-refractivity contribution >= 4 is 28.2 Å². The lowest BCUT2D eigenvalue weighted by molar-refractivity contribution is 0.312. The van der Waals surface area contributed by atoms with Crippen LogP contribution in [0.25, 0.3) is 21.9 Å². The molecule has 0 atom stereocenters. The number of aromatic hydroxyl groups is 1. The van der Waals surface area contributed by atoms with Crippen LogP contribution in [0.4, 0.5) is 5.82 Å². The molecule has 5 rings (SSSR count). The molecule has 1 aliphatic rings. The van der Waals surface area contributed by atoms with Gasteiger partial charge in [-0.15, -0.1) is 0 Å². The van der Waals surface area contributed by atoms with Gasteiger partial charge in [0.1, 0.15) is 5.82 Å². The molecule has 0 bridgehead atoms. The van der Waals surface area contributed by atoms with Gasteiger partial charge >= 0.3 is 0 Å². The highest BCUT2D eigenvalue weighted by molar-refractivity contribution is 6.36. The van der Waals surface area contributed by atoms with Crippen LogP contribution < -0.4 is 4.90 Å². The predicted molar refractivity (Wildman–Crippen MR) is 136 cm³/mol. The summed E-state index contributed by atoms with van der Waals surface area (Å²) >= 11 is 6.63. The van der Waals surface area contributed by atoms with Crippen LogP contribution in [-0.2, 0) is 13.0 Å². The molecule has 0 spiro atoms. The Bertz CT molecular complexity index is 1260. The first-order chi connectivity index (χ1) is 16.0. The highest BCUT2D eigenvalue weighted by Gasteiger charge is 2.17. The molecule has 0 unspecified atom stereocenters. The van der Waals surface area contributed by atoms with E-state index < -0.39 is 0 Å². The van der Waals surface area contributed by atoms with Crippen LogP contribution in [0, 0.1) is 0 Å². The monoisotopic (exact) mass is 460 g/mol. The number of aryl methyl sites for hydroxylation is 1. The topological polar surface area (TPSA) is 44.5 Å². The molecule has 1 aliphatic heterocycles. The van der Waals surface area contributed by atoms with Gasteiger partial charge in [0.2, 0.25) is 5.88 Å². The summed E-state index contributed by atoms with van der Waals surface area (Å²) in [6, 6.07) is 16.7. The molecule has 33 heavy (non-hydrogen) atoms. The van der Waals surface area contributed by atoms with E-state index in [4.69, 9.17) is 16.6 Å². The maximum atomic E-state index is 10.9. The Hall–Kier alpha value is -3.02. The van der Waals surface area contributed by atoms with Crippen molar-refractivity contribution in [2.75, 3.05) is 38.1 Å². The zero-order valence-electron chi connectivity index (χ0n) is 19.1. The summed E-state index contributed by atoms with van der Waals surface area (Å²) in [5.74, 6) is 1.21. The van der Waals surface area contributed by atoms with Gasteiger partial charge in [-0.25, -0.2) is 4.98 Å². The first kappa shape index (κ1) is 21.8. The second-order valence-corrected chi connectivity index (χ2v) is 9.28. The number of rotatable bonds is 5. The molecule has 5 nitrogen and oxygen atoms in total. The average molecular weight is 461 g/mol. The van der Waals surface area contributed by atoms with E-state index in [1.54, 1.807) is 0 Å². The zero-order valence-corrected chi connectivity index (χ0v) is 19.9. The largest absolute Gasteiger partial charge is 0.494 e. The van der Waals surface area contributed by atoms with E-state index in [0.29, 0.717) is 17.0 Å². The Morgan fingerprint density at radius 2 is 1.67 bits per heavy atom. The van der Waals surface area contributed by atoms with Crippen molar-refractivity contribution in [1.82, 2.24) is 14.5 Å². The van der Waals surface area contributed by atoms with Crippen LogP contribution in [0.15, 0.2) is 60.9 Å². The first-order valence-corrected chi connectivity index (χ1v) is 11.9. The molecule has 3 heterocycles. The Kier molecular flexibility index (Phi) is 6.00. The fourth-order valence-corrected chi connectivity index (χ4v) is 4.79. The Morgan fingerprint density at radius 1 is 0.939 bits per heavy atom. The predicted octanol–water partition coefficient (Wildman–Crippen LogP) is 5.42. The van der Waals surface area contributed by atoms with Crippen molar-refractivity contribution in [3.05, 3.63) is 77.1 Å². The highest BCUT2D eigenvalue weighted by atomic mass is 35.5. The normalized spacial score (nSPS) is 14.8. The number of fused-ring (bicyclic) bond motifs is 1. The summed E-state index contributed by atoms with van der Waals surface area (Å²) in [5, 5.41) is 13.0. The third kappa shape index (κ3) is 4.43. The molecule has 2 aromatic carbocycles. The van der Waals surface area contributed by atoms with E-state index in [0.717, 1.165) is 60.5 Å². The van der Waals surface area contributed by atoms with Gasteiger partial charge in [-0.05, 0) is 54.4 Å². The van der Waals surface area contributed by atoms with Gasteiger partial charge in [-0.2, -0.15) is 0 Å². The fourth-order valence-electron chi connectivity index (χ4n) is 4.48. The summed E-state index contributed by atoms with van der Waals surface area (Å²) in [4.78, 5) is 9.38. The molecule has 170 valence electrons. The van der Waals surface area contributed by atoms with Gasteiger partial charge in [-0.1, -0.05) is 42.8 Å². The lowest BCUT2D eigenvalue weighted by Gasteiger charge is -2.33. The lowest BCUT2D eigenvalue weighted by Crippen LogP contribution is -2.44. The van der Waals surface area contributed by atoms with Crippen LogP contribution in [0.3, 0.4) is 0 Å². The van der Waals surface area contributed by atoms with E-state index in [1.165, 1.54) is 5.56 Å². The quantitative estimate of drug-likeness (QED) is 0.431. The molecule has 1 saturated heterocycles. The number of aromatic nitrogens is 2. The minimum Gasteiger partial charge on any atom is -0.494 e. The molecule has 0 radical (unpaired) electrons. The maximum absolute atomic E-state index is 10.9. The summed E-state index contributed by atoms with van der Waals surface area (Å²) in [7, 11) is 2.15. The number of benzene rings is 2. The minimum absolute atomic E-state index is 0.199. The van der Waals surface area contributed by atoms with E-state index in [9.17, 15) is 5.11 Å². The number of anilines is 1. The van der Waals surface area contributed by atoms with Gasteiger partial charge in [0.05, 0.1) is 17.0 Å². The summed E-state index contributed by atoms with van der Waals surface area (Å²) in [6.45, 7) is 6.84. The SMILES string of the molecule is CCc1ccc(Cn2cc3cc(-c4ccc(N5CCN(C)CC5)nc4)cc(Cl)c3c2O)cc1. The van der Waals surface area contributed by atoms with Crippen molar-refractivity contribution in [3.63, 3.8) is 0 Å². The summed E-state index contributed by atoms with van der Waals surface area (Å²) in [5.41, 5.74) is 4.46. The average Bonchev–Trinajstić information content (AvgIpc) is 3.15. The van der Waals surface area contributed by atoms with Crippen LogP contribution in [0.2, 0.25) is 5.02 Å². The summed E-state index contributed by atoms with van der Waals surface area (Å²) < 4.78 is 1.86. The lowest BCUT2D eigenvalue weighted by atomic mass is 10.0. The number of pyridine rings is 1. The van der Waals surface area contributed by atoms with Gasteiger partial charge in [0.15, 0.2) is 0 Å². The second kappa shape index (κ2) is 9.08. The van der Waals surface area contributed by atoms with Gasteiger partial charge in [-0.3, -0.25) is 0 Å². The minimum atomic E-state index is 0.199. The Labute approximate surface area is 199 Å². The van der Waals surface area contributed by atoms with Gasteiger partial charge < -0.3 is 19.5 Å². The van der Waals surface area contributed by atoms with E-state index in [2.05, 4.69) is 66.2 Å². The third-order valence-corrected chi connectivity index (χ3v) is 6.90. The number of halogens is 1. The fraction of sp³-hybridized carbons (Fsp3) is 0.296. The van der Waals surface area contributed by atoms with E-state index >= 15 is 0 Å². The molecule has 1 N–H and O–H groups in total. The maximum Gasteiger partial charge on any atom is 0.200 e. The van der Waals surface area contributed by atoms with Gasteiger partial charge in [0, 0.05) is 49.5 Å². The van der Waals surface area contributed by atoms with Crippen molar-refractivity contribution < 1.29 is 5.11 Å². The van der Waals surface area contributed by atoms with Crippen molar-refractivity contribution in [1.29, 1.82) is 0 Å². The molecule has 0 saturated carbocycles. The molecular weight excluding hydrogens is 432 g/mol. The number of likely N-dealkylation sites (N-methyl/N-ethyl adjacent to an activating group) is 1. The molecule has 0 aliphatic carbocycles. The van der Waals surface area contributed by atoms with Gasteiger partial charge in [0.25, 0.3) is 0 Å². The Balaban J connectivity index is 1.41. The zero-order chi connectivity index (χ0) is 22.9. The standard InChI is InChI=1S/C27H29ClN4O/c1-3-19-4-6-20(7-5-19)17-32-18-23-14-22(15-24(28)26(23)27(32)33)21-8-9-25(29-16-21)31-12-10-30(2)11-13-31/h4-9,14-16,18,33H,3,10-13,17H2,1-2H3. The second-order valence-electron chi connectivity index (χ2n) is 8.87. The number of hydrogen-bond acceptors (Lipinski definition) is 4. The van der Waals surface area contributed by atoms with Crippen LogP contribution >= 0.6 is 11.6 Å². The Morgan fingerprint density at radius 3 is 2.33 bits per heavy atom. The summed E-state index contributed by atoms with van der Waals surface area (Å²) in [6.07, 6.45) is 4.90. The smallest absolute Gasteiger partial charge is 0.200 e. The molecule has 2 aromatic heterocycles.